The molecular formula is C15H19N9. The van der Waals surface area contributed by atoms with Crippen molar-refractivity contribution in [3.05, 3.63) is 43.0 Å². The van der Waals surface area contributed by atoms with Gasteiger partial charge in [-0.15, -0.1) is 0 Å². The summed E-state index contributed by atoms with van der Waals surface area (Å²) < 4.78 is 3.57. The van der Waals surface area contributed by atoms with Gasteiger partial charge in [0, 0.05) is 51.7 Å². The molecule has 9 heteroatoms. The normalized spacial score (nSPS) is 15.8. The minimum atomic E-state index is 0.784. The van der Waals surface area contributed by atoms with Crippen molar-refractivity contribution < 1.29 is 0 Å². The molecule has 1 saturated heterocycles. The molecule has 0 aromatic carbocycles. The van der Waals surface area contributed by atoms with Gasteiger partial charge in [0.15, 0.2) is 5.82 Å². The first-order valence-corrected chi connectivity index (χ1v) is 7.92. The fourth-order valence-electron chi connectivity index (χ4n) is 2.84. The summed E-state index contributed by atoms with van der Waals surface area (Å²) in [5.41, 5.74) is 0. The van der Waals surface area contributed by atoms with E-state index in [1.165, 1.54) is 0 Å². The molecule has 0 aliphatic carbocycles. The van der Waals surface area contributed by atoms with Crippen LogP contribution in [0.25, 0.3) is 5.82 Å². The van der Waals surface area contributed by atoms with Crippen LogP contribution in [-0.2, 0) is 13.6 Å². The van der Waals surface area contributed by atoms with Gasteiger partial charge < -0.3 is 4.90 Å². The minimum Gasteiger partial charge on any atom is -0.354 e. The third kappa shape index (κ3) is 2.98. The standard InChI is InChI=1S/C15H19N9/c1-21-15(18-12-20-21)10-22-5-7-23(8-6-22)13-9-14(17-11-16-13)24-4-2-3-19-24/h2-4,9,11-12H,5-8,10H2,1H3. The van der Waals surface area contributed by atoms with E-state index in [-0.39, 0.29) is 0 Å². The van der Waals surface area contributed by atoms with Crippen molar-refractivity contribution in [2.24, 2.45) is 7.05 Å². The topological polar surface area (TPSA) is 80.8 Å². The van der Waals surface area contributed by atoms with E-state index in [0.717, 1.165) is 50.2 Å². The lowest BCUT2D eigenvalue weighted by molar-refractivity contribution is 0.240. The Morgan fingerprint density at radius 1 is 0.958 bits per heavy atom. The molecule has 0 bridgehead atoms. The van der Waals surface area contributed by atoms with Crippen molar-refractivity contribution >= 4 is 5.82 Å². The van der Waals surface area contributed by atoms with Crippen LogP contribution in [0.15, 0.2) is 37.2 Å². The van der Waals surface area contributed by atoms with Gasteiger partial charge in [0.1, 0.15) is 24.3 Å². The predicted octanol–water partition coefficient (Wildman–Crippen LogP) is 0.113. The molecule has 4 rings (SSSR count). The van der Waals surface area contributed by atoms with E-state index in [0.29, 0.717) is 0 Å². The SMILES string of the molecule is Cn1ncnc1CN1CCN(c2cc(-n3cccn3)ncn2)CC1. The maximum Gasteiger partial charge on any atom is 0.158 e. The van der Waals surface area contributed by atoms with Crippen molar-refractivity contribution in [2.45, 2.75) is 6.54 Å². The highest BCUT2D eigenvalue weighted by molar-refractivity contribution is 5.43. The van der Waals surface area contributed by atoms with Gasteiger partial charge in [-0.05, 0) is 6.07 Å². The summed E-state index contributed by atoms with van der Waals surface area (Å²) in [7, 11) is 1.93. The quantitative estimate of drug-likeness (QED) is 0.673. The van der Waals surface area contributed by atoms with Crippen molar-refractivity contribution in [2.75, 3.05) is 31.1 Å². The predicted molar refractivity (Wildman–Crippen MR) is 87.6 cm³/mol. The van der Waals surface area contributed by atoms with Crippen LogP contribution < -0.4 is 4.90 Å². The monoisotopic (exact) mass is 325 g/mol. The van der Waals surface area contributed by atoms with E-state index in [1.54, 1.807) is 23.5 Å². The van der Waals surface area contributed by atoms with Crippen LogP contribution in [0.1, 0.15) is 5.82 Å². The van der Waals surface area contributed by atoms with Crippen LogP contribution in [0, 0.1) is 0 Å². The smallest absolute Gasteiger partial charge is 0.158 e. The Hall–Kier alpha value is -2.81. The summed E-state index contributed by atoms with van der Waals surface area (Å²) in [5.74, 6) is 2.71. The molecule has 24 heavy (non-hydrogen) atoms. The molecule has 0 atom stereocenters. The Kier molecular flexibility index (Phi) is 3.91. The molecule has 0 radical (unpaired) electrons. The second-order valence-corrected chi connectivity index (χ2v) is 5.75. The van der Waals surface area contributed by atoms with Gasteiger partial charge in [-0.25, -0.2) is 19.6 Å². The van der Waals surface area contributed by atoms with Gasteiger partial charge in [0.2, 0.25) is 0 Å². The molecule has 0 saturated carbocycles. The zero-order valence-electron chi connectivity index (χ0n) is 13.5. The number of piperazine rings is 1. The third-order valence-electron chi connectivity index (χ3n) is 4.24. The summed E-state index contributed by atoms with van der Waals surface area (Å²) in [6.07, 6.45) is 6.82. The highest BCUT2D eigenvalue weighted by Crippen LogP contribution is 2.16. The Morgan fingerprint density at radius 3 is 2.50 bits per heavy atom. The number of hydrogen-bond donors (Lipinski definition) is 0. The van der Waals surface area contributed by atoms with Crippen LogP contribution in [0.2, 0.25) is 0 Å². The number of hydrogen-bond acceptors (Lipinski definition) is 7. The number of aryl methyl sites for hydroxylation is 1. The zero-order valence-corrected chi connectivity index (χ0v) is 13.5. The van der Waals surface area contributed by atoms with Crippen LogP contribution in [-0.4, -0.2) is 65.6 Å². The molecule has 9 nitrogen and oxygen atoms in total. The molecule has 0 N–H and O–H groups in total. The molecule has 0 unspecified atom stereocenters. The molecule has 4 heterocycles. The van der Waals surface area contributed by atoms with E-state index in [4.69, 9.17) is 0 Å². The third-order valence-corrected chi connectivity index (χ3v) is 4.24. The summed E-state index contributed by atoms with van der Waals surface area (Å²) in [5, 5.41) is 8.34. The summed E-state index contributed by atoms with van der Waals surface area (Å²) >= 11 is 0. The van der Waals surface area contributed by atoms with Gasteiger partial charge in [-0.2, -0.15) is 10.2 Å². The van der Waals surface area contributed by atoms with Gasteiger partial charge in [0.25, 0.3) is 0 Å². The van der Waals surface area contributed by atoms with Gasteiger partial charge >= 0.3 is 0 Å². The molecule has 1 aliphatic heterocycles. The largest absolute Gasteiger partial charge is 0.354 e. The van der Waals surface area contributed by atoms with Crippen LogP contribution in [0.3, 0.4) is 0 Å². The molecule has 0 spiro atoms. The number of aromatic nitrogens is 7. The fourth-order valence-corrected chi connectivity index (χ4v) is 2.84. The average Bonchev–Trinajstić information content (AvgIpc) is 3.28. The van der Waals surface area contributed by atoms with Crippen molar-refractivity contribution in [3.63, 3.8) is 0 Å². The highest BCUT2D eigenvalue weighted by Gasteiger charge is 2.20. The second-order valence-electron chi connectivity index (χ2n) is 5.75. The molecule has 1 fully saturated rings. The van der Waals surface area contributed by atoms with Gasteiger partial charge in [-0.1, -0.05) is 0 Å². The van der Waals surface area contributed by atoms with E-state index in [2.05, 4.69) is 34.9 Å². The minimum absolute atomic E-state index is 0.784. The van der Waals surface area contributed by atoms with Crippen LogP contribution in [0.5, 0.6) is 0 Å². The first-order chi connectivity index (χ1) is 11.8. The Morgan fingerprint density at radius 2 is 1.79 bits per heavy atom. The molecule has 1 aliphatic rings. The Labute approximate surface area is 139 Å². The van der Waals surface area contributed by atoms with E-state index >= 15 is 0 Å². The second kappa shape index (κ2) is 6.36. The molecule has 124 valence electrons. The maximum absolute atomic E-state index is 4.42. The molecule has 3 aromatic heterocycles. The summed E-state index contributed by atoms with van der Waals surface area (Å²) in [4.78, 5) is 17.7. The summed E-state index contributed by atoms with van der Waals surface area (Å²) in [6, 6.07) is 3.86. The van der Waals surface area contributed by atoms with Crippen LogP contribution >= 0.6 is 0 Å². The first kappa shape index (κ1) is 14.8. The van der Waals surface area contributed by atoms with Crippen molar-refractivity contribution in [1.82, 2.24) is 39.4 Å². The summed E-state index contributed by atoms with van der Waals surface area (Å²) in [6.45, 7) is 4.61. The van der Waals surface area contributed by atoms with Gasteiger partial charge in [-0.3, -0.25) is 9.58 Å². The number of nitrogens with zero attached hydrogens (tertiary/aromatic N) is 9. The Balaban J connectivity index is 1.41. The van der Waals surface area contributed by atoms with Crippen molar-refractivity contribution in [3.8, 4) is 5.82 Å². The molecular weight excluding hydrogens is 306 g/mol. The zero-order chi connectivity index (χ0) is 16.4. The number of rotatable bonds is 4. The lowest BCUT2D eigenvalue weighted by atomic mass is 10.3. The van der Waals surface area contributed by atoms with E-state index < -0.39 is 0 Å². The Bertz CT molecular complexity index is 787. The van der Waals surface area contributed by atoms with Crippen LogP contribution in [0.4, 0.5) is 5.82 Å². The van der Waals surface area contributed by atoms with E-state index in [9.17, 15) is 0 Å². The fraction of sp³-hybridized carbons (Fsp3) is 0.400. The lowest BCUT2D eigenvalue weighted by Crippen LogP contribution is -2.46. The number of anilines is 1. The average molecular weight is 325 g/mol. The van der Waals surface area contributed by atoms with Gasteiger partial charge in [0.05, 0.1) is 6.54 Å². The first-order valence-electron chi connectivity index (χ1n) is 7.92. The van der Waals surface area contributed by atoms with Crippen molar-refractivity contribution in [1.29, 1.82) is 0 Å². The molecule has 0 amide bonds. The maximum atomic E-state index is 4.42. The van der Waals surface area contributed by atoms with E-state index in [1.807, 2.05) is 30.1 Å². The lowest BCUT2D eigenvalue weighted by Gasteiger charge is -2.35. The molecule has 3 aromatic rings. The highest BCUT2D eigenvalue weighted by atomic mass is 15.4.